The zero-order chi connectivity index (χ0) is 20.2. The van der Waals surface area contributed by atoms with Crippen LogP contribution in [0.25, 0.3) is 5.57 Å². The van der Waals surface area contributed by atoms with Crippen molar-refractivity contribution in [3.05, 3.63) is 40.5 Å². The second-order valence-corrected chi connectivity index (χ2v) is 7.48. The zero-order valence-electron chi connectivity index (χ0n) is 19.0. The van der Waals surface area contributed by atoms with Crippen LogP contribution in [-0.4, -0.2) is 39.8 Å². The van der Waals surface area contributed by atoms with Crippen LogP contribution in [0.4, 0.5) is 0 Å². The van der Waals surface area contributed by atoms with Crippen molar-refractivity contribution in [2.75, 3.05) is 34.9 Å². The van der Waals surface area contributed by atoms with Gasteiger partial charge in [-0.3, -0.25) is 0 Å². The van der Waals surface area contributed by atoms with Crippen LogP contribution in [0.1, 0.15) is 70.2 Å². The van der Waals surface area contributed by atoms with Gasteiger partial charge in [0.2, 0.25) is 0 Å². The Labute approximate surface area is 158 Å². The van der Waals surface area contributed by atoms with E-state index in [-0.39, 0.29) is 5.41 Å². The number of nitrogens with zero attached hydrogens (tertiary/aromatic N) is 1. The van der Waals surface area contributed by atoms with Crippen molar-refractivity contribution < 1.29 is 4.74 Å². The fourth-order valence-corrected chi connectivity index (χ4v) is 2.15. The number of rotatable bonds is 4. The summed E-state index contributed by atoms with van der Waals surface area (Å²) in [6, 6.07) is 4.68. The Hall–Kier alpha value is -1.12. The molecule has 1 rings (SSSR count). The van der Waals surface area contributed by atoms with Gasteiger partial charge in [-0.25, -0.2) is 0 Å². The molecule has 0 aliphatic heterocycles. The maximum absolute atomic E-state index is 4.25. The molecule has 25 heavy (non-hydrogen) atoms. The Bertz CT molecular complexity index is 513. The summed E-state index contributed by atoms with van der Waals surface area (Å²) in [4.78, 5) is 2.12. The van der Waals surface area contributed by atoms with Gasteiger partial charge in [0.1, 0.15) is 0 Å². The zero-order valence-corrected chi connectivity index (χ0v) is 19.0. The number of benzene rings is 1. The molecule has 0 bridgehead atoms. The Morgan fingerprint density at radius 1 is 1.12 bits per heavy atom. The van der Waals surface area contributed by atoms with E-state index in [0.29, 0.717) is 0 Å². The lowest BCUT2D eigenvalue weighted by Gasteiger charge is -2.27. The number of ether oxygens (including phenoxy) is 1. The monoisotopic (exact) mass is 349 g/mol. The van der Waals surface area contributed by atoms with Crippen LogP contribution in [-0.2, 0) is 10.2 Å². The van der Waals surface area contributed by atoms with Crippen molar-refractivity contribution in [3.8, 4) is 0 Å². The largest absolute Gasteiger partial charge is 0.388 e. The summed E-state index contributed by atoms with van der Waals surface area (Å²) in [7, 11) is 7.36. The molecule has 0 heterocycles. The third-order valence-electron chi connectivity index (χ3n) is 4.80. The van der Waals surface area contributed by atoms with E-state index in [2.05, 4.69) is 97.3 Å². The molecule has 0 aliphatic rings. The molecule has 0 amide bonds. The van der Waals surface area contributed by atoms with Crippen molar-refractivity contribution in [2.45, 2.75) is 67.2 Å². The summed E-state index contributed by atoms with van der Waals surface area (Å²) < 4.78 is 4.25. The first-order chi connectivity index (χ1) is 11.5. The number of methoxy groups -OCH3 is 1. The molecule has 0 fully saturated rings. The van der Waals surface area contributed by atoms with Crippen LogP contribution in [0.15, 0.2) is 18.2 Å². The smallest absolute Gasteiger partial charge is 0.0351 e. The van der Waals surface area contributed by atoms with Gasteiger partial charge in [0, 0.05) is 14.2 Å². The summed E-state index contributed by atoms with van der Waals surface area (Å²) >= 11 is 0. The molecule has 1 aromatic rings. The second-order valence-electron chi connectivity index (χ2n) is 7.48. The Balaban J connectivity index is 0. The SMILES string of the molecule is C/C=C(\C)c1cc(C)c(C)c(C(C)(C)CC)c1.CCN(C)C.COC. The predicted molar refractivity (Wildman–Crippen MR) is 116 cm³/mol. The van der Waals surface area contributed by atoms with Gasteiger partial charge in [-0.05, 0) is 88.0 Å². The first-order valence-corrected chi connectivity index (χ1v) is 9.32. The van der Waals surface area contributed by atoms with Crippen molar-refractivity contribution in [1.82, 2.24) is 4.90 Å². The molecule has 0 spiro atoms. The van der Waals surface area contributed by atoms with Crippen LogP contribution in [0.5, 0.6) is 0 Å². The lowest BCUT2D eigenvalue weighted by molar-refractivity contribution is 0.277. The average Bonchev–Trinajstić information content (AvgIpc) is 2.57. The Kier molecular flexibility index (Phi) is 13.7. The molecular formula is C23H43NO. The molecule has 2 nitrogen and oxygen atoms in total. The van der Waals surface area contributed by atoms with E-state index in [1.807, 2.05) is 0 Å². The van der Waals surface area contributed by atoms with Gasteiger partial charge in [0.25, 0.3) is 0 Å². The van der Waals surface area contributed by atoms with Crippen molar-refractivity contribution in [2.24, 2.45) is 0 Å². The van der Waals surface area contributed by atoms with E-state index in [4.69, 9.17) is 0 Å². The molecule has 0 saturated carbocycles. The highest BCUT2D eigenvalue weighted by Gasteiger charge is 2.21. The quantitative estimate of drug-likeness (QED) is 0.637. The molecular weight excluding hydrogens is 306 g/mol. The Morgan fingerprint density at radius 2 is 1.56 bits per heavy atom. The summed E-state index contributed by atoms with van der Waals surface area (Å²) in [6.07, 6.45) is 3.36. The van der Waals surface area contributed by atoms with Crippen LogP contribution in [0, 0.1) is 13.8 Å². The minimum atomic E-state index is 0.263. The van der Waals surface area contributed by atoms with E-state index in [1.165, 1.54) is 34.2 Å². The van der Waals surface area contributed by atoms with Crippen LogP contribution >= 0.6 is 0 Å². The predicted octanol–water partition coefficient (Wildman–Crippen LogP) is 6.24. The molecule has 2 heteroatoms. The number of hydrogen-bond donors (Lipinski definition) is 0. The lowest BCUT2D eigenvalue weighted by Crippen LogP contribution is -2.18. The number of aryl methyl sites for hydroxylation is 1. The third-order valence-corrected chi connectivity index (χ3v) is 4.80. The van der Waals surface area contributed by atoms with Crippen LogP contribution in [0.3, 0.4) is 0 Å². The fourth-order valence-electron chi connectivity index (χ4n) is 2.15. The second kappa shape index (κ2) is 13.1. The van der Waals surface area contributed by atoms with Gasteiger partial charge >= 0.3 is 0 Å². The maximum Gasteiger partial charge on any atom is 0.0351 e. The number of allylic oxidation sites excluding steroid dienone is 2. The highest BCUT2D eigenvalue weighted by molar-refractivity contribution is 5.66. The molecule has 0 unspecified atom stereocenters. The highest BCUT2D eigenvalue weighted by Crippen LogP contribution is 2.33. The lowest BCUT2D eigenvalue weighted by atomic mass is 9.77. The topological polar surface area (TPSA) is 12.5 Å². The van der Waals surface area contributed by atoms with E-state index in [0.717, 1.165) is 6.54 Å². The first kappa shape index (κ1) is 26.1. The van der Waals surface area contributed by atoms with Gasteiger partial charge in [-0.2, -0.15) is 0 Å². The molecule has 0 radical (unpaired) electrons. The van der Waals surface area contributed by atoms with Gasteiger partial charge in [0.05, 0.1) is 0 Å². The fraction of sp³-hybridized carbons (Fsp3) is 0.652. The van der Waals surface area contributed by atoms with Crippen LogP contribution in [0.2, 0.25) is 0 Å². The normalized spacial score (nSPS) is 11.5. The molecule has 0 atom stereocenters. The summed E-state index contributed by atoms with van der Waals surface area (Å²) in [5.41, 5.74) is 7.34. The van der Waals surface area contributed by atoms with Gasteiger partial charge < -0.3 is 9.64 Å². The molecule has 1 aromatic carbocycles. The van der Waals surface area contributed by atoms with Crippen molar-refractivity contribution in [3.63, 3.8) is 0 Å². The van der Waals surface area contributed by atoms with E-state index >= 15 is 0 Å². The van der Waals surface area contributed by atoms with Gasteiger partial charge in [0.15, 0.2) is 0 Å². The van der Waals surface area contributed by atoms with Gasteiger partial charge in [-0.15, -0.1) is 0 Å². The molecule has 0 saturated heterocycles. The van der Waals surface area contributed by atoms with E-state index in [1.54, 1.807) is 14.2 Å². The summed E-state index contributed by atoms with van der Waals surface area (Å²) in [6.45, 7) is 19.0. The first-order valence-electron chi connectivity index (χ1n) is 9.32. The number of hydrogen-bond acceptors (Lipinski definition) is 2. The summed E-state index contributed by atoms with van der Waals surface area (Å²) in [5, 5.41) is 0. The van der Waals surface area contributed by atoms with Crippen molar-refractivity contribution >= 4 is 5.57 Å². The maximum atomic E-state index is 4.25. The highest BCUT2D eigenvalue weighted by atomic mass is 16.4. The van der Waals surface area contributed by atoms with Gasteiger partial charge in [-0.1, -0.05) is 45.9 Å². The Morgan fingerprint density at radius 3 is 1.88 bits per heavy atom. The average molecular weight is 350 g/mol. The van der Waals surface area contributed by atoms with E-state index in [9.17, 15) is 0 Å². The standard InChI is InChI=1S/C17H26.C4H11N.C2H6O/c1-8-12(3)15-10-13(4)14(5)16(11-15)17(6,7)9-2;1-4-5(2)3;1-3-2/h8,10-11H,9H2,1-7H3;4H2,1-3H3;1-2H3/b12-8+;;. The van der Waals surface area contributed by atoms with Crippen molar-refractivity contribution in [1.29, 1.82) is 0 Å². The van der Waals surface area contributed by atoms with Crippen LogP contribution < -0.4 is 0 Å². The molecule has 0 aromatic heterocycles. The molecule has 0 N–H and O–H groups in total. The summed E-state index contributed by atoms with van der Waals surface area (Å²) in [5.74, 6) is 0. The van der Waals surface area contributed by atoms with E-state index < -0.39 is 0 Å². The minimum Gasteiger partial charge on any atom is -0.388 e. The molecule has 146 valence electrons. The third kappa shape index (κ3) is 9.81. The molecule has 0 aliphatic carbocycles. The minimum absolute atomic E-state index is 0.263.